The van der Waals surface area contributed by atoms with Crippen molar-refractivity contribution in [3.8, 4) is 0 Å². The molecule has 2 atom stereocenters. The molecule has 0 aliphatic carbocycles. The second-order valence-corrected chi connectivity index (χ2v) is 4.83. The van der Waals surface area contributed by atoms with Crippen LogP contribution in [0.15, 0.2) is 0 Å². The number of nitrogens with zero attached hydrogens (tertiary/aromatic N) is 2. The molecule has 1 aromatic rings. The Kier molecular flexibility index (Phi) is 3.19. The third kappa shape index (κ3) is 2.07. The number of carbonyl (C=O) groups is 1. The summed E-state index contributed by atoms with van der Waals surface area (Å²) in [7, 11) is 0. The highest BCUT2D eigenvalue weighted by Crippen LogP contribution is 2.34. The van der Waals surface area contributed by atoms with Gasteiger partial charge in [0.1, 0.15) is 0 Å². The van der Waals surface area contributed by atoms with E-state index in [0.717, 1.165) is 36.3 Å². The molecule has 2 heterocycles. The Hall–Kier alpha value is -1.36. The van der Waals surface area contributed by atoms with Crippen LogP contribution in [0.1, 0.15) is 42.8 Å². The van der Waals surface area contributed by atoms with Crippen molar-refractivity contribution < 1.29 is 4.79 Å². The topological polar surface area (TPSA) is 75.0 Å². The molecule has 5 heteroatoms. The molecule has 1 aromatic heterocycles. The fraction of sp³-hybridized carbons (Fsp3) is 0.667. The van der Waals surface area contributed by atoms with Crippen LogP contribution in [0.25, 0.3) is 0 Å². The van der Waals surface area contributed by atoms with E-state index in [9.17, 15) is 4.79 Å². The van der Waals surface area contributed by atoms with Crippen LogP contribution in [-0.2, 0) is 4.79 Å². The van der Waals surface area contributed by atoms with E-state index in [1.165, 1.54) is 0 Å². The largest absolute Gasteiger partial charge is 0.334 e. The molecule has 2 rings (SSSR count). The van der Waals surface area contributed by atoms with E-state index >= 15 is 0 Å². The maximum atomic E-state index is 12.0. The molecule has 0 aromatic carbocycles. The zero-order chi connectivity index (χ0) is 12.6. The number of aromatic amines is 1. The number of amides is 1. The van der Waals surface area contributed by atoms with Gasteiger partial charge in [-0.2, -0.15) is 5.10 Å². The summed E-state index contributed by atoms with van der Waals surface area (Å²) in [6.07, 6.45) is 2.03. The normalized spacial score (nSPS) is 21.9. The minimum atomic E-state index is -0.428. The quantitative estimate of drug-likeness (QED) is 0.805. The number of aromatic nitrogens is 2. The Labute approximate surface area is 101 Å². The predicted octanol–water partition coefficient (Wildman–Crippen LogP) is 1.04. The van der Waals surface area contributed by atoms with Crippen LogP contribution in [0.4, 0.5) is 0 Å². The zero-order valence-electron chi connectivity index (χ0n) is 10.7. The number of nitrogens with one attached hydrogen (secondary N) is 1. The lowest BCUT2D eigenvalue weighted by atomic mass is 10.0. The second-order valence-electron chi connectivity index (χ2n) is 4.83. The summed E-state index contributed by atoms with van der Waals surface area (Å²) in [5.74, 6) is 0.0347. The number of H-pyrrole nitrogens is 1. The highest BCUT2D eigenvalue weighted by Gasteiger charge is 2.33. The molecular formula is C12H20N4O. The van der Waals surface area contributed by atoms with Crippen molar-refractivity contribution in [1.82, 2.24) is 15.1 Å². The number of rotatable bonds is 2. The summed E-state index contributed by atoms with van der Waals surface area (Å²) in [4.78, 5) is 13.9. The smallest absolute Gasteiger partial charge is 0.239 e. The van der Waals surface area contributed by atoms with E-state index in [4.69, 9.17) is 5.73 Å². The van der Waals surface area contributed by atoms with E-state index in [1.54, 1.807) is 6.92 Å². The van der Waals surface area contributed by atoms with Crippen molar-refractivity contribution in [1.29, 1.82) is 0 Å². The number of aryl methyl sites for hydroxylation is 2. The maximum absolute atomic E-state index is 12.0. The fourth-order valence-corrected chi connectivity index (χ4v) is 2.64. The third-order valence-corrected chi connectivity index (χ3v) is 3.44. The van der Waals surface area contributed by atoms with Crippen LogP contribution in [0.2, 0.25) is 0 Å². The van der Waals surface area contributed by atoms with Gasteiger partial charge in [-0.3, -0.25) is 9.89 Å². The molecule has 0 saturated carbocycles. The molecule has 94 valence electrons. The average molecular weight is 236 g/mol. The Morgan fingerprint density at radius 2 is 2.29 bits per heavy atom. The molecule has 1 fully saturated rings. The molecule has 1 aliphatic heterocycles. The number of carbonyl (C=O) groups excluding carboxylic acids is 1. The molecule has 0 bridgehead atoms. The van der Waals surface area contributed by atoms with Gasteiger partial charge < -0.3 is 10.6 Å². The monoisotopic (exact) mass is 236 g/mol. The van der Waals surface area contributed by atoms with Crippen LogP contribution in [0.5, 0.6) is 0 Å². The molecule has 0 radical (unpaired) electrons. The molecule has 1 aliphatic rings. The lowest BCUT2D eigenvalue weighted by Gasteiger charge is -2.26. The van der Waals surface area contributed by atoms with Crippen molar-refractivity contribution in [2.24, 2.45) is 5.73 Å². The van der Waals surface area contributed by atoms with Gasteiger partial charge in [-0.05, 0) is 33.6 Å². The van der Waals surface area contributed by atoms with Gasteiger partial charge in [-0.15, -0.1) is 0 Å². The molecular weight excluding hydrogens is 216 g/mol. The van der Waals surface area contributed by atoms with Crippen LogP contribution in [0.3, 0.4) is 0 Å². The van der Waals surface area contributed by atoms with Gasteiger partial charge in [0.05, 0.1) is 17.8 Å². The SMILES string of the molecule is Cc1n[nH]c(C)c1C1CCCN1C(=O)[C@@H](C)N. The van der Waals surface area contributed by atoms with E-state index in [-0.39, 0.29) is 11.9 Å². The Morgan fingerprint density at radius 3 is 2.82 bits per heavy atom. The lowest BCUT2D eigenvalue weighted by molar-refractivity contribution is -0.133. The number of hydrogen-bond donors (Lipinski definition) is 2. The molecule has 5 nitrogen and oxygen atoms in total. The van der Waals surface area contributed by atoms with Crippen molar-refractivity contribution in [3.63, 3.8) is 0 Å². The first-order valence-electron chi connectivity index (χ1n) is 6.10. The van der Waals surface area contributed by atoms with E-state index in [2.05, 4.69) is 10.2 Å². The Morgan fingerprint density at radius 1 is 1.59 bits per heavy atom. The van der Waals surface area contributed by atoms with Gasteiger partial charge in [-0.25, -0.2) is 0 Å². The Balaban J connectivity index is 2.29. The van der Waals surface area contributed by atoms with Crippen molar-refractivity contribution in [3.05, 3.63) is 17.0 Å². The van der Waals surface area contributed by atoms with Gasteiger partial charge >= 0.3 is 0 Å². The molecule has 1 amide bonds. The number of nitrogens with two attached hydrogens (primary N) is 1. The highest BCUT2D eigenvalue weighted by atomic mass is 16.2. The first-order valence-corrected chi connectivity index (χ1v) is 6.10. The van der Waals surface area contributed by atoms with E-state index in [0.29, 0.717) is 0 Å². The first-order chi connectivity index (χ1) is 8.02. The van der Waals surface area contributed by atoms with Gasteiger partial charge in [0.2, 0.25) is 5.91 Å². The second kappa shape index (κ2) is 4.49. The maximum Gasteiger partial charge on any atom is 0.239 e. The summed E-state index contributed by atoms with van der Waals surface area (Å²) in [6, 6.07) is -0.282. The standard InChI is InChI=1S/C12H20N4O/c1-7(13)12(17)16-6-4-5-10(16)11-8(2)14-15-9(11)3/h7,10H,4-6,13H2,1-3H3,(H,14,15)/t7-,10?/m1/s1. The van der Waals surface area contributed by atoms with Crippen LogP contribution in [0, 0.1) is 13.8 Å². The lowest BCUT2D eigenvalue weighted by Crippen LogP contribution is -2.41. The van der Waals surface area contributed by atoms with Crippen molar-refractivity contribution in [2.45, 2.75) is 45.7 Å². The minimum Gasteiger partial charge on any atom is -0.334 e. The predicted molar refractivity (Wildman–Crippen MR) is 65.4 cm³/mol. The Bertz CT molecular complexity index is 405. The fourth-order valence-electron chi connectivity index (χ4n) is 2.64. The molecule has 17 heavy (non-hydrogen) atoms. The van der Waals surface area contributed by atoms with Gasteiger partial charge in [0.25, 0.3) is 0 Å². The minimum absolute atomic E-state index is 0.0347. The molecule has 3 N–H and O–H groups in total. The molecule has 1 saturated heterocycles. The summed E-state index contributed by atoms with van der Waals surface area (Å²) in [5, 5.41) is 7.19. The third-order valence-electron chi connectivity index (χ3n) is 3.44. The van der Waals surface area contributed by atoms with Crippen LogP contribution >= 0.6 is 0 Å². The molecule has 1 unspecified atom stereocenters. The molecule has 0 spiro atoms. The zero-order valence-corrected chi connectivity index (χ0v) is 10.7. The van der Waals surface area contributed by atoms with Crippen LogP contribution in [-0.4, -0.2) is 33.6 Å². The van der Waals surface area contributed by atoms with E-state index < -0.39 is 6.04 Å². The first kappa shape index (κ1) is 12.1. The van der Waals surface area contributed by atoms with Crippen LogP contribution < -0.4 is 5.73 Å². The van der Waals surface area contributed by atoms with E-state index in [1.807, 2.05) is 18.7 Å². The van der Waals surface area contributed by atoms with Gasteiger partial charge in [0, 0.05) is 17.8 Å². The number of hydrogen-bond acceptors (Lipinski definition) is 3. The summed E-state index contributed by atoms with van der Waals surface area (Å²) < 4.78 is 0. The average Bonchev–Trinajstić information content (AvgIpc) is 2.84. The van der Waals surface area contributed by atoms with Gasteiger partial charge in [0.15, 0.2) is 0 Å². The van der Waals surface area contributed by atoms with Crippen molar-refractivity contribution in [2.75, 3.05) is 6.54 Å². The van der Waals surface area contributed by atoms with Crippen molar-refractivity contribution >= 4 is 5.91 Å². The van der Waals surface area contributed by atoms with Gasteiger partial charge in [-0.1, -0.05) is 0 Å². The summed E-state index contributed by atoms with van der Waals surface area (Å²) in [6.45, 7) is 6.52. The highest BCUT2D eigenvalue weighted by molar-refractivity contribution is 5.82. The number of likely N-dealkylation sites (tertiary alicyclic amines) is 1. The summed E-state index contributed by atoms with van der Waals surface area (Å²) >= 11 is 0. The summed E-state index contributed by atoms with van der Waals surface area (Å²) in [5.41, 5.74) is 8.89.